The second-order valence-corrected chi connectivity index (χ2v) is 2.79. The van der Waals surface area contributed by atoms with Crippen LogP contribution in [0.15, 0.2) is 11.8 Å². The SMILES string of the molecule is CCO/C=C(\C)CC(N)CC. The molecule has 0 aliphatic carbocycles. The predicted molar refractivity (Wildman–Crippen MR) is 48.3 cm³/mol. The van der Waals surface area contributed by atoms with E-state index < -0.39 is 0 Å². The van der Waals surface area contributed by atoms with Gasteiger partial charge in [0.05, 0.1) is 12.9 Å². The number of hydrogen-bond acceptors (Lipinski definition) is 2. The van der Waals surface area contributed by atoms with Gasteiger partial charge in [0.25, 0.3) is 0 Å². The molecule has 0 radical (unpaired) electrons. The molecule has 66 valence electrons. The fraction of sp³-hybridized carbons (Fsp3) is 0.778. The fourth-order valence-electron chi connectivity index (χ4n) is 0.832. The van der Waals surface area contributed by atoms with Crippen LogP contribution in [0.2, 0.25) is 0 Å². The zero-order chi connectivity index (χ0) is 8.69. The lowest BCUT2D eigenvalue weighted by atomic mass is 10.1. The Morgan fingerprint density at radius 1 is 1.55 bits per heavy atom. The van der Waals surface area contributed by atoms with Crippen LogP contribution in [-0.4, -0.2) is 12.6 Å². The van der Waals surface area contributed by atoms with Gasteiger partial charge in [-0.2, -0.15) is 0 Å². The molecule has 0 saturated heterocycles. The zero-order valence-electron chi connectivity index (χ0n) is 7.76. The molecule has 2 N–H and O–H groups in total. The average Bonchev–Trinajstić information content (AvgIpc) is 2.00. The molecule has 1 unspecified atom stereocenters. The van der Waals surface area contributed by atoms with Gasteiger partial charge in [0.1, 0.15) is 0 Å². The van der Waals surface area contributed by atoms with Crippen molar-refractivity contribution in [2.75, 3.05) is 6.61 Å². The number of ether oxygens (including phenoxy) is 1. The van der Waals surface area contributed by atoms with E-state index in [0.717, 1.165) is 19.4 Å². The monoisotopic (exact) mass is 157 g/mol. The van der Waals surface area contributed by atoms with Crippen molar-refractivity contribution in [2.45, 2.75) is 39.7 Å². The Bertz CT molecular complexity index is 121. The van der Waals surface area contributed by atoms with E-state index in [1.165, 1.54) is 5.57 Å². The molecule has 1 atom stereocenters. The number of hydrogen-bond donors (Lipinski definition) is 1. The summed E-state index contributed by atoms with van der Waals surface area (Å²) in [5, 5.41) is 0. The van der Waals surface area contributed by atoms with Crippen molar-refractivity contribution in [3.05, 3.63) is 11.8 Å². The van der Waals surface area contributed by atoms with Gasteiger partial charge >= 0.3 is 0 Å². The normalized spacial score (nSPS) is 14.7. The standard InChI is InChI=1S/C9H19NO/c1-4-9(10)6-8(3)7-11-5-2/h7,9H,4-6,10H2,1-3H3/b8-7+. The average molecular weight is 157 g/mol. The van der Waals surface area contributed by atoms with Crippen molar-refractivity contribution < 1.29 is 4.74 Å². The summed E-state index contributed by atoms with van der Waals surface area (Å²) >= 11 is 0. The van der Waals surface area contributed by atoms with Gasteiger partial charge in [-0.15, -0.1) is 0 Å². The maximum Gasteiger partial charge on any atom is 0.0845 e. The largest absolute Gasteiger partial charge is 0.502 e. The minimum Gasteiger partial charge on any atom is -0.502 e. The second kappa shape index (κ2) is 6.23. The zero-order valence-corrected chi connectivity index (χ0v) is 7.76. The summed E-state index contributed by atoms with van der Waals surface area (Å²) in [5.74, 6) is 0. The third-order valence-corrected chi connectivity index (χ3v) is 1.56. The molecule has 0 bridgehead atoms. The maximum absolute atomic E-state index is 5.75. The van der Waals surface area contributed by atoms with Gasteiger partial charge in [-0.1, -0.05) is 6.92 Å². The smallest absolute Gasteiger partial charge is 0.0845 e. The van der Waals surface area contributed by atoms with E-state index >= 15 is 0 Å². The highest BCUT2D eigenvalue weighted by Crippen LogP contribution is 2.04. The Hall–Kier alpha value is -0.500. The van der Waals surface area contributed by atoms with E-state index in [2.05, 4.69) is 6.92 Å². The van der Waals surface area contributed by atoms with Crippen molar-refractivity contribution in [3.8, 4) is 0 Å². The summed E-state index contributed by atoms with van der Waals surface area (Å²) in [6.45, 7) is 6.85. The van der Waals surface area contributed by atoms with Crippen molar-refractivity contribution in [1.82, 2.24) is 0 Å². The number of rotatable bonds is 5. The molecule has 0 aromatic rings. The van der Waals surface area contributed by atoms with E-state index in [1.807, 2.05) is 13.8 Å². The van der Waals surface area contributed by atoms with Crippen LogP contribution in [0.3, 0.4) is 0 Å². The van der Waals surface area contributed by atoms with Crippen LogP contribution in [0.25, 0.3) is 0 Å². The Labute approximate surface area is 69.4 Å². The Kier molecular flexibility index (Phi) is 5.94. The summed E-state index contributed by atoms with van der Waals surface area (Å²) in [7, 11) is 0. The minimum absolute atomic E-state index is 0.284. The molecule has 0 aliphatic rings. The third-order valence-electron chi connectivity index (χ3n) is 1.56. The molecular weight excluding hydrogens is 138 g/mol. The van der Waals surface area contributed by atoms with Gasteiger partial charge < -0.3 is 10.5 Å². The van der Waals surface area contributed by atoms with Gasteiger partial charge in [-0.3, -0.25) is 0 Å². The molecule has 0 rings (SSSR count). The van der Waals surface area contributed by atoms with Crippen molar-refractivity contribution in [1.29, 1.82) is 0 Å². The van der Waals surface area contributed by atoms with Crippen molar-refractivity contribution in [2.24, 2.45) is 5.73 Å². The molecule has 0 spiro atoms. The lowest BCUT2D eigenvalue weighted by Gasteiger charge is -2.08. The lowest BCUT2D eigenvalue weighted by molar-refractivity contribution is 0.264. The molecule has 11 heavy (non-hydrogen) atoms. The van der Waals surface area contributed by atoms with E-state index in [-0.39, 0.29) is 6.04 Å². The van der Waals surface area contributed by atoms with Gasteiger partial charge in [0, 0.05) is 6.04 Å². The van der Waals surface area contributed by atoms with Gasteiger partial charge in [0.15, 0.2) is 0 Å². The molecule has 0 saturated carbocycles. The van der Waals surface area contributed by atoms with Gasteiger partial charge in [-0.25, -0.2) is 0 Å². The van der Waals surface area contributed by atoms with Gasteiger partial charge in [-0.05, 0) is 32.3 Å². The first kappa shape index (κ1) is 10.5. The van der Waals surface area contributed by atoms with Crippen LogP contribution in [0, 0.1) is 0 Å². The van der Waals surface area contributed by atoms with Crippen LogP contribution in [-0.2, 0) is 4.74 Å². The van der Waals surface area contributed by atoms with Crippen LogP contribution < -0.4 is 5.73 Å². The summed E-state index contributed by atoms with van der Waals surface area (Å²) < 4.78 is 5.12. The van der Waals surface area contributed by atoms with Crippen molar-refractivity contribution in [3.63, 3.8) is 0 Å². The molecule has 0 amide bonds. The van der Waals surface area contributed by atoms with Crippen LogP contribution in [0.1, 0.15) is 33.6 Å². The molecule has 0 heterocycles. The lowest BCUT2D eigenvalue weighted by Crippen LogP contribution is -2.18. The molecule has 0 aromatic heterocycles. The Morgan fingerprint density at radius 2 is 2.18 bits per heavy atom. The first-order valence-electron chi connectivity index (χ1n) is 4.23. The summed E-state index contributed by atoms with van der Waals surface area (Å²) in [4.78, 5) is 0. The highest BCUT2D eigenvalue weighted by molar-refractivity contribution is 4.95. The molecule has 0 aromatic carbocycles. The highest BCUT2D eigenvalue weighted by atomic mass is 16.5. The van der Waals surface area contributed by atoms with Crippen LogP contribution in [0.5, 0.6) is 0 Å². The first-order chi connectivity index (χ1) is 5.20. The molecule has 2 nitrogen and oxygen atoms in total. The molecule has 0 fully saturated rings. The molecular formula is C9H19NO. The second-order valence-electron chi connectivity index (χ2n) is 2.79. The summed E-state index contributed by atoms with van der Waals surface area (Å²) in [6.07, 6.45) is 3.77. The van der Waals surface area contributed by atoms with E-state index in [9.17, 15) is 0 Å². The first-order valence-corrected chi connectivity index (χ1v) is 4.23. The van der Waals surface area contributed by atoms with Gasteiger partial charge in [0.2, 0.25) is 0 Å². The molecule has 2 heteroatoms. The summed E-state index contributed by atoms with van der Waals surface area (Å²) in [5.41, 5.74) is 6.97. The Morgan fingerprint density at radius 3 is 2.64 bits per heavy atom. The van der Waals surface area contributed by atoms with Crippen LogP contribution >= 0.6 is 0 Å². The van der Waals surface area contributed by atoms with E-state index in [4.69, 9.17) is 10.5 Å². The third kappa shape index (κ3) is 5.92. The topological polar surface area (TPSA) is 35.2 Å². The Balaban J connectivity index is 3.57. The van der Waals surface area contributed by atoms with E-state index in [1.54, 1.807) is 6.26 Å². The fourth-order valence-corrected chi connectivity index (χ4v) is 0.832. The molecule has 0 aliphatic heterocycles. The predicted octanol–water partition coefficient (Wildman–Crippen LogP) is 2.05. The minimum atomic E-state index is 0.284. The highest BCUT2D eigenvalue weighted by Gasteiger charge is 1.99. The van der Waals surface area contributed by atoms with Crippen LogP contribution in [0.4, 0.5) is 0 Å². The van der Waals surface area contributed by atoms with Crippen molar-refractivity contribution >= 4 is 0 Å². The summed E-state index contributed by atoms with van der Waals surface area (Å²) in [6, 6.07) is 0.284. The number of nitrogens with two attached hydrogens (primary N) is 1. The van der Waals surface area contributed by atoms with E-state index in [0.29, 0.717) is 0 Å². The maximum atomic E-state index is 5.75. The quantitative estimate of drug-likeness (QED) is 0.620.